The number of anilines is 1. The summed E-state index contributed by atoms with van der Waals surface area (Å²) >= 11 is 0. The zero-order valence-corrected chi connectivity index (χ0v) is 18.8. The minimum atomic E-state index is -0.0914. The molecule has 1 fully saturated rings. The maximum atomic E-state index is 12.6. The van der Waals surface area contributed by atoms with Crippen LogP contribution in [-0.4, -0.2) is 49.3 Å². The first-order valence-electron chi connectivity index (χ1n) is 10.9. The first kappa shape index (κ1) is 21.9. The first-order valence-corrected chi connectivity index (χ1v) is 10.9. The Labute approximate surface area is 188 Å². The maximum absolute atomic E-state index is 12.6. The molecule has 32 heavy (non-hydrogen) atoms. The van der Waals surface area contributed by atoms with E-state index in [2.05, 4.69) is 15.4 Å². The van der Waals surface area contributed by atoms with Crippen LogP contribution in [0.2, 0.25) is 0 Å². The van der Waals surface area contributed by atoms with Crippen molar-refractivity contribution < 1.29 is 18.8 Å². The van der Waals surface area contributed by atoms with Crippen molar-refractivity contribution in [1.82, 2.24) is 10.1 Å². The monoisotopic (exact) mass is 435 g/mol. The van der Waals surface area contributed by atoms with Gasteiger partial charge in [0.25, 0.3) is 0 Å². The molecular weight excluding hydrogens is 406 g/mol. The molecular formula is C25H29N3O4. The zero-order chi connectivity index (χ0) is 22.5. The number of rotatable bonds is 9. The number of nitrogens with one attached hydrogen (secondary N) is 1. The fraction of sp³-hybridized carbons (Fsp3) is 0.360. The molecule has 0 saturated carbocycles. The van der Waals surface area contributed by atoms with Crippen LogP contribution in [0.25, 0.3) is 11.1 Å². The summed E-state index contributed by atoms with van der Waals surface area (Å²) in [6.07, 6.45) is 1.54. The van der Waals surface area contributed by atoms with Crippen molar-refractivity contribution in [2.45, 2.75) is 26.7 Å². The zero-order valence-electron chi connectivity index (χ0n) is 18.8. The average molecular weight is 436 g/mol. The normalized spacial score (nSPS) is 13.5. The van der Waals surface area contributed by atoms with Crippen LogP contribution in [-0.2, 0) is 11.2 Å². The second kappa shape index (κ2) is 9.87. The number of benzene rings is 2. The van der Waals surface area contributed by atoms with E-state index in [-0.39, 0.29) is 12.3 Å². The predicted octanol–water partition coefficient (Wildman–Crippen LogP) is 4.23. The van der Waals surface area contributed by atoms with Crippen LogP contribution in [0.4, 0.5) is 5.69 Å². The van der Waals surface area contributed by atoms with Crippen LogP contribution in [0.1, 0.15) is 23.4 Å². The second-order valence-electron chi connectivity index (χ2n) is 8.03. The molecule has 0 aliphatic carbocycles. The molecule has 1 N–H and O–H groups in total. The summed E-state index contributed by atoms with van der Waals surface area (Å²) < 4.78 is 16.7. The van der Waals surface area contributed by atoms with Gasteiger partial charge in [0, 0.05) is 17.8 Å². The number of carbonyl (C=O) groups is 1. The van der Waals surface area contributed by atoms with Gasteiger partial charge in [-0.3, -0.25) is 9.69 Å². The predicted molar refractivity (Wildman–Crippen MR) is 123 cm³/mol. The summed E-state index contributed by atoms with van der Waals surface area (Å²) in [6, 6.07) is 13.2. The number of hydrogen-bond donors (Lipinski definition) is 1. The first-order chi connectivity index (χ1) is 15.5. The Morgan fingerprint density at radius 1 is 1.16 bits per heavy atom. The van der Waals surface area contributed by atoms with Crippen LogP contribution in [0, 0.1) is 13.8 Å². The van der Waals surface area contributed by atoms with Crippen LogP contribution in [0.5, 0.6) is 11.5 Å². The summed E-state index contributed by atoms with van der Waals surface area (Å²) in [6.45, 7) is 7.58. The summed E-state index contributed by atoms with van der Waals surface area (Å²) in [5.41, 5.74) is 4.17. The van der Waals surface area contributed by atoms with Crippen LogP contribution in [0.15, 0.2) is 47.0 Å². The van der Waals surface area contributed by atoms with Crippen molar-refractivity contribution in [3.63, 3.8) is 0 Å². The number of carbonyl (C=O) groups excluding carboxylic acids is 1. The highest BCUT2D eigenvalue weighted by Gasteiger charge is 2.19. The highest BCUT2D eigenvalue weighted by molar-refractivity contribution is 5.93. The topological polar surface area (TPSA) is 76.8 Å². The van der Waals surface area contributed by atoms with Gasteiger partial charge in [0.15, 0.2) is 0 Å². The number of aryl methyl sites for hydroxylation is 2. The lowest BCUT2D eigenvalue weighted by Gasteiger charge is -2.30. The lowest BCUT2D eigenvalue weighted by Crippen LogP contribution is -2.39. The van der Waals surface area contributed by atoms with Crippen molar-refractivity contribution in [1.29, 1.82) is 0 Å². The molecule has 0 atom stereocenters. The molecule has 0 unspecified atom stereocenters. The Balaban J connectivity index is 1.50. The standard InChI is InChI=1S/C25H29N3O4/c1-17-25(18(2)32-27-17)22-16-20(7-10-23(22)31-14-13-28-11-4-12-28)26-24(29)15-19-5-8-21(30-3)9-6-19/h5-10,16H,4,11-15H2,1-3H3,(H,26,29). The third-order valence-corrected chi connectivity index (χ3v) is 5.70. The van der Waals surface area contributed by atoms with Crippen molar-refractivity contribution >= 4 is 11.6 Å². The highest BCUT2D eigenvalue weighted by Crippen LogP contribution is 2.36. The van der Waals surface area contributed by atoms with Gasteiger partial charge in [-0.25, -0.2) is 0 Å². The van der Waals surface area contributed by atoms with Crippen molar-refractivity contribution in [3.05, 3.63) is 59.5 Å². The molecule has 2 aromatic carbocycles. The van der Waals surface area contributed by atoms with E-state index in [9.17, 15) is 4.79 Å². The minimum absolute atomic E-state index is 0.0914. The largest absolute Gasteiger partial charge is 0.497 e. The molecule has 3 aromatic rings. The molecule has 0 bridgehead atoms. The highest BCUT2D eigenvalue weighted by atomic mass is 16.5. The van der Waals surface area contributed by atoms with Gasteiger partial charge in [0.05, 0.1) is 24.8 Å². The number of aromatic nitrogens is 1. The molecule has 1 aromatic heterocycles. The molecule has 4 rings (SSSR count). The minimum Gasteiger partial charge on any atom is -0.497 e. The quantitative estimate of drug-likeness (QED) is 0.542. The van der Waals surface area contributed by atoms with Gasteiger partial charge in [0.2, 0.25) is 5.91 Å². The van der Waals surface area contributed by atoms with E-state index in [0.717, 1.165) is 59.3 Å². The van der Waals surface area contributed by atoms with E-state index in [1.807, 2.05) is 56.3 Å². The number of methoxy groups -OCH3 is 1. The van der Waals surface area contributed by atoms with E-state index in [0.29, 0.717) is 12.3 Å². The molecule has 168 valence electrons. The van der Waals surface area contributed by atoms with E-state index < -0.39 is 0 Å². The summed E-state index contributed by atoms with van der Waals surface area (Å²) in [4.78, 5) is 15.0. The second-order valence-corrected chi connectivity index (χ2v) is 8.03. The number of amides is 1. The van der Waals surface area contributed by atoms with Crippen molar-refractivity contribution in [2.75, 3.05) is 38.7 Å². The molecule has 0 radical (unpaired) electrons. The fourth-order valence-electron chi connectivity index (χ4n) is 3.82. The number of nitrogens with zero attached hydrogens (tertiary/aromatic N) is 2. The number of ether oxygens (including phenoxy) is 2. The Hall–Kier alpha value is -3.32. The summed E-state index contributed by atoms with van der Waals surface area (Å²) in [7, 11) is 1.62. The molecule has 1 aliphatic rings. The molecule has 0 spiro atoms. The van der Waals surface area contributed by atoms with Crippen LogP contribution in [0.3, 0.4) is 0 Å². The van der Waals surface area contributed by atoms with E-state index in [1.54, 1.807) is 7.11 Å². The van der Waals surface area contributed by atoms with Gasteiger partial charge in [-0.1, -0.05) is 17.3 Å². The van der Waals surface area contributed by atoms with Gasteiger partial charge in [-0.15, -0.1) is 0 Å². The van der Waals surface area contributed by atoms with E-state index in [1.165, 1.54) is 6.42 Å². The molecule has 1 aliphatic heterocycles. The molecule has 1 saturated heterocycles. The molecule has 7 nitrogen and oxygen atoms in total. The third kappa shape index (κ3) is 5.11. The Bertz CT molecular complexity index is 1050. The Morgan fingerprint density at radius 3 is 2.56 bits per heavy atom. The van der Waals surface area contributed by atoms with Crippen LogP contribution >= 0.6 is 0 Å². The third-order valence-electron chi connectivity index (χ3n) is 5.70. The van der Waals surface area contributed by atoms with Gasteiger partial charge in [-0.2, -0.15) is 0 Å². The lowest BCUT2D eigenvalue weighted by molar-refractivity contribution is -0.115. The van der Waals surface area contributed by atoms with E-state index >= 15 is 0 Å². The summed E-state index contributed by atoms with van der Waals surface area (Å²) in [5.74, 6) is 2.15. The Morgan fingerprint density at radius 2 is 1.94 bits per heavy atom. The van der Waals surface area contributed by atoms with Crippen LogP contribution < -0.4 is 14.8 Å². The van der Waals surface area contributed by atoms with E-state index in [4.69, 9.17) is 14.0 Å². The smallest absolute Gasteiger partial charge is 0.228 e. The number of likely N-dealkylation sites (tertiary alicyclic amines) is 1. The van der Waals surface area contributed by atoms with Crippen molar-refractivity contribution in [2.24, 2.45) is 0 Å². The maximum Gasteiger partial charge on any atom is 0.228 e. The fourth-order valence-corrected chi connectivity index (χ4v) is 3.82. The SMILES string of the molecule is COc1ccc(CC(=O)Nc2ccc(OCCN3CCC3)c(-c3c(C)noc3C)c2)cc1. The van der Waals surface area contributed by atoms with Crippen molar-refractivity contribution in [3.8, 4) is 22.6 Å². The van der Waals surface area contributed by atoms with Gasteiger partial charge in [0.1, 0.15) is 23.9 Å². The lowest BCUT2D eigenvalue weighted by atomic mass is 10.0. The molecule has 2 heterocycles. The number of hydrogen-bond acceptors (Lipinski definition) is 6. The average Bonchev–Trinajstić information content (AvgIpc) is 3.09. The Kier molecular flexibility index (Phi) is 6.75. The summed E-state index contributed by atoms with van der Waals surface area (Å²) in [5, 5.41) is 7.08. The molecule has 1 amide bonds. The van der Waals surface area contributed by atoms with Gasteiger partial charge < -0.3 is 19.3 Å². The van der Waals surface area contributed by atoms with Gasteiger partial charge in [-0.05, 0) is 69.3 Å². The molecule has 7 heteroatoms. The van der Waals surface area contributed by atoms with Gasteiger partial charge >= 0.3 is 0 Å².